The number of benzene rings is 1. The smallest absolute Gasteiger partial charge is 0.137 e. The number of Topliss-reactive ketones (excluding diaryl/α,β-unsaturated/α-hetero) is 1. The number of rotatable bonds is 6. The normalized spacial score (nSPS) is 10.9. The first-order chi connectivity index (χ1) is 10.3. The molecule has 106 valence electrons. The summed E-state index contributed by atoms with van der Waals surface area (Å²) in [5.74, 6) is 0.308. The second-order valence-electron chi connectivity index (χ2n) is 5.14. The lowest BCUT2D eigenvalue weighted by Crippen LogP contribution is -2.04. The van der Waals surface area contributed by atoms with E-state index in [0.29, 0.717) is 18.6 Å². The SMILES string of the molecule is O=C(CCCc1cccs1)Cc1ccnc2ccccc12. The first-order valence-electron chi connectivity index (χ1n) is 7.19. The van der Waals surface area contributed by atoms with Crippen LogP contribution in [0, 0.1) is 0 Å². The lowest BCUT2D eigenvalue weighted by Gasteiger charge is -2.05. The second kappa shape index (κ2) is 6.64. The van der Waals surface area contributed by atoms with Crippen molar-refractivity contribution in [3.63, 3.8) is 0 Å². The maximum atomic E-state index is 12.2. The summed E-state index contributed by atoms with van der Waals surface area (Å²) in [6, 6.07) is 14.1. The molecule has 3 heteroatoms. The van der Waals surface area contributed by atoms with Crippen molar-refractivity contribution in [3.8, 4) is 0 Å². The van der Waals surface area contributed by atoms with Crippen LogP contribution in [0.3, 0.4) is 0 Å². The molecule has 0 radical (unpaired) electrons. The predicted molar refractivity (Wildman–Crippen MR) is 87.7 cm³/mol. The summed E-state index contributed by atoms with van der Waals surface area (Å²) in [5.41, 5.74) is 2.04. The number of ketones is 1. The van der Waals surface area contributed by atoms with E-state index < -0.39 is 0 Å². The Morgan fingerprint density at radius 2 is 2.00 bits per heavy atom. The molecule has 0 unspecified atom stereocenters. The number of carbonyl (C=O) groups is 1. The highest BCUT2D eigenvalue weighted by molar-refractivity contribution is 7.09. The van der Waals surface area contributed by atoms with Gasteiger partial charge < -0.3 is 0 Å². The van der Waals surface area contributed by atoms with Crippen LogP contribution in [-0.2, 0) is 17.6 Å². The molecule has 0 aliphatic rings. The Hall–Kier alpha value is -2.00. The molecule has 0 N–H and O–H groups in total. The third kappa shape index (κ3) is 3.56. The molecular weight excluding hydrogens is 278 g/mol. The van der Waals surface area contributed by atoms with Gasteiger partial charge in [-0.25, -0.2) is 0 Å². The molecule has 0 atom stereocenters. The highest BCUT2D eigenvalue weighted by Crippen LogP contribution is 2.18. The summed E-state index contributed by atoms with van der Waals surface area (Å²) in [4.78, 5) is 17.9. The lowest BCUT2D eigenvalue weighted by molar-refractivity contribution is -0.118. The van der Waals surface area contributed by atoms with Crippen molar-refractivity contribution in [1.29, 1.82) is 0 Å². The maximum Gasteiger partial charge on any atom is 0.137 e. The van der Waals surface area contributed by atoms with Crippen molar-refractivity contribution in [2.75, 3.05) is 0 Å². The summed E-state index contributed by atoms with van der Waals surface area (Å²) < 4.78 is 0. The molecule has 0 saturated carbocycles. The second-order valence-corrected chi connectivity index (χ2v) is 6.17. The van der Waals surface area contributed by atoms with Crippen LogP contribution in [0.15, 0.2) is 54.0 Å². The van der Waals surface area contributed by atoms with Gasteiger partial charge in [0.15, 0.2) is 0 Å². The van der Waals surface area contributed by atoms with Gasteiger partial charge in [0.25, 0.3) is 0 Å². The Kier molecular flexibility index (Phi) is 4.41. The lowest BCUT2D eigenvalue weighted by atomic mass is 10.0. The van der Waals surface area contributed by atoms with Gasteiger partial charge in [-0.3, -0.25) is 9.78 Å². The minimum absolute atomic E-state index is 0.308. The van der Waals surface area contributed by atoms with E-state index in [-0.39, 0.29) is 0 Å². The van der Waals surface area contributed by atoms with E-state index in [1.807, 2.05) is 30.3 Å². The van der Waals surface area contributed by atoms with Gasteiger partial charge in [-0.1, -0.05) is 24.3 Å². The van der Waals surface area contributed by atoms with E-state index in [4.69, 9.17) is 0 Å². The molecule has 2 heterocycles. The zero-order chi connectivity index (χ0) is 14.5. The molecule has 0 fully saturated rings. The van der Waals surface area contributed by atoms with Gasteiger partial charge in [-0.2, -0.15) is 0 Å². The number of fused-ring (bicyclic) bond motifs is 1. The van der Waals surface area contributed by atoms with Gasteiger partial charge in [0, 0.05) is 29.3 Å². The van der Waals surface area contributed by atoms with E-state index in [1.165, 1.54) is 4.88 Å². The van der Waals surface area contributed by atoms with Crippen LogP contribution in [0.4, 0.5) is 0 Å². The van der Waals surface area contributed by atoms with Gasteiger partial charge in [0.1, 0.15) is 5.78 Å². The Balaban J connectivity index is 1.61. The number of pyridine rings is 1. The van der Waals surface area contributed by atoms with E-state index in [9.17, 15) is 4.79 Å². The number of aromatic nitrogens is 1. The highest BCUT2D eigenvalue weighted by Gasteiger charge is 2.07. The molecule has 2 aromatic heterocycles. The summed E-state index contributed by atoms with van der Waals surface area (Å²) in [7, 11) is 0. The van der Waals surface area contributed by atoms with Gasteiger partial charge in [0.2, 0.25) is 0 Å². The largest absolute Gasteiger partial charge is 0.299 e. The number of thiophene rings is 1. The predicted octanol–water partition coefficient (Wildman–Crippen LogP) is 4.43. The number of nitrogens with zero attached hydrogens (tertiary/aromatic N) is 1. The van der Waals surface area contributed by atoms with Crippen LogP contribution in [-0.4, -0.2) is 10.8 Å². The molecule has 0 aliphatic carbocycles. The number of hydrogen-bond donors (Lipinski definition) is 0. The molecular formula is C18H17NOS. The van der Waals surface area contributed by atoms with Crippen LogP contribution in [0.25, 0.3) is 10.9 Å². The molecule has 3 rings (SSSR count). The van der Waals surface area contributed by atoms with Gasteiger partial charge in [-0.05, 0) is 42.0 Å². The molecule has 1 aromatic carbocycles. The molecule has 3 aromatic rings. The standard InChI is InChI=1S/C18H17NOS/c20-15(5-3-6-16-7-4-12-21-16)13-14-10-11-19-18-9-2-1-8-17(14)18/h1-2,4,7-12H,3,5-6,13H2. The molecule has 0 saturated heterocycles. The van der Waals surface area contributed by atoms with Crippen molar-refractivity contribution < 1.29 is 4.79 Å². The Morgan fingerprint density at radius 1 is 1.10 bits per heavy atom. The first kappa shape index (κ1) is 14.0. The fraction of sp³-hybridized carbons (Fsp3) is 0.222. The van der Waals surface area contributed by atoms with Crippen molar-refractivity contribution in [2.45, 2.75) is 25.7 Å². The summed E-state index contributed by atoms with van der Waals surface area (Å²) in [6.45, 7) is 0. The fourth-order valence-electron chi connectivity index (χ4n) is 2.52. The first-order valence-corrected chi connectivity index (χ1v) is 8.07. The molecule has 21 heavy (non-hydrogen) atoms. The molecule has 0 amide bonds. The maximum absolute atomic E-state index is 12.2. The number of carbonyl (C=O) groups excluding carboxylic acids is 1. The monoisotopic (exact) mass is 295 g/mol. The van der Waals surface area contributed by atoms with E-state index in [0.717, 1.165) is 29.3 Å². The third-order valence-corrected chi connectivity index (χ3v) is 4.52. The van der Waals surface area contributed by atoms with Crippen molar-refractivity contribution in [1.82, 2.24) is 4.98 Å². The highest BCUT2D eigenvalue weighted by atomic mass is 32.1. The van der Waals surface area contributed by atoms with Gasteiger partial charge in [-0.15, -0.1) is 11.3 Å². The van der Waals surface area contributed by atoms with Gasteiger partial charge in [0.05, 0.1) is 5.52 Å². The zero-order valence-corrected chi connectivity index (χ0v) is 12.6. The fourth-order valence-corrected chi connectivity index (χ4v) is 3.28. The molecule has 0 spiro atoms. The minimum atomic E-state index is 0.308. The Labute approximate surface area is 128 Å². The van der Waals surface area contributed by atoms with E-state index >= 15 is 0 Å². The third-order valence-electron chi connectivity index (χ3n) is 3.59. The van der Waals surface area contributed by atoms with Crippen LogP contribution in [0.1, 0.15) is 23.3 Å². The Bertz CT molecular complexity index is 729. The molecule has 0 bridgehead atoms. The molecule has 2 nitrogen and oxygen atoms in total. The topological polar surface area (TPSA) is 30.0 Å². The van der Waals surface area contributed by atoms with E-state index in [2.05, 4.69) is 22.5 Å². The van der Waals surface area contributed by atoms with Crippen LogP contribution < -0.4 is 0 Å². The van der Waals surface area contributed by atoms with Crippen molar-refractivity contribution >= 4 is 28.0 Å². The van der Waals surface area contributed by atoms with Crippen LogP contribution in [0.5, 0.6) is 0 Å². The van der Waals surface area contributed by atoms with Crippen LogP contribution >= 0.6 is 11.3 Å². The summed E-state index contributed by atoms with van der Waals surface area (Å²) >= 11 is 1.76. The summed E-state index contributed by atoms with van der Waals surface area (Å²) in [6.07, 6.45) is 4.88. The Morgan fingerprint density at radius 3 is 2.86 bits per heavy atom. The average Bonchev–Trinajstić information content (AvgIpc) is 3.01. The zero-order valence-electron chi connectivity index (χ0n) is 11.8. The number of para-hydroxylation sites is 1. The minimum Gasteiger partial charge on any atom is -0.299 e. The number of hydrogen-bond acceptors (Lipinski definition) is 3. The van der Waals surface area contributed by atoms with E-state index in [1.54, 1.807) is 17.5 Å². The summed E-state index contributed by atoms with van der Waals surface area (Å²) in [5, 5.41) is 3.17. The van der Waals surface area contributed by atoms with Crippen LogP contribution in [0.2, 0.25) is 0 Å². The number of aryl methyl sites for hydroxylation is 1. The van der Waals surface area contributed by atoms with Crippen molar-refractivity contribution in [3.05, 3.63) is 64.5 Å². The molecule has 0 aliphatic heterocycles. The average molecular weight is 295 g/mol. The quantitative estimate of drug-likeness (QED) is 0.673. The van der Waals surface area contributed by atoms with Crippen molar-refractivity contribution in [2.24, 2.45) is 0 Å². The van der Waals surface area contributed by atoms with Gasteiger partial charge >= 0.3 is 0 Å².